The molecule has 3 heteroatoms. The fourth-order valence-electron chi connectivity index (χ4n) is 2.33. The Morgan fingerprint density at radius 2 is 2.21 bits per heavy atom. The van der Waals surface area contributed by atoms with E-state index >= 15 is 0 Å². The summed E-state index contributed by atoms with van der Waals surface area (Å²) in [5.41, 5.74) is 3.10. The summed E-state index contributed by atoms with van der Waals surface area (Å²) in [5, 5.41) is 3.58. The van der Waals surface area contributed by atoms with E-state index in [1.54, 1.807) is 0 Å². The lowest BCUT2D eigenvalue weighted by atomic mass is 9.81. The van der Waals surface area contributed by atoms with E-state index in [-0.39, 0.29) is 5.54 Å². The van der Waals surface area contributed by atoms with Crippen molar-refractivity contribution >= 4 is 22.6 Å². The molecule has 0 bridgehead atoms. The second kappa shape index (κ2) is 3.18. The normalized spacial score (nSPS) is 22.9. The first-order chi connectivity index (χ1) is 6.80. The number of nitrogens with one attached hydrogen (secondary N) is 1. The van der Waals surface area contributed by atoms with Crippen LogP contribution in [0, 0.1) is 3.57 Å². The van der Waals surface area contributed by atoms with E-state index in [1.165, 1.54) is 14.7 Å². The molecule has 14 heavy (non-hydrogen) atoms. The molecule has 1 saturated heterocycles. The monoisotopic (exact) mass is 301 g/mol. The molecule has 1 aromatic carbocycles. The van der Waals surface area contributed by atoms with Gasteiger partial charge in [0.1, 0.15) is 0 Å². The van der Waals surface area contributed by atoms with Gasteiger partial charge in [0, 0.05) is 10.1 Å². The van der Waals surface area contributed by atoms with Gasteiger partial charge in [0.25, 0.3) is 0 Å². The third-order valence-electron chi connectivity index (χ3n) is 3.14. The zero-order chi connectivity index (χ0) is 9.60. The van der Waals surface area contributed by atoms with Crippen LogP contribution in [0.5, 0.6) is 0 Å². The summed E-state index contributed by atoms with van der Waals surface area (Å²) in [6, 6.07) is 6.75. The van der Waals surface area contributed by atoms with E-state index in [1.807, 2.05) is 0 Å². The highest BCUT2D eigenvalue weighted by molar-refractivity contribution is 14.1. The maximum Gasteiger partial charge on any atom is 0.0911 e. The van der Waals surface area contributed by atoms with Gasteiger partial charge in [0.15, 0.2) is 0 Å². The lowest BCUT2D eigenvalue weighted by molar-refractivity contribution is -0.0814. The largest absolute Gasteiger partial charge is 0.377 e. The van der Waals surface area contributed by atoms with Crippen LogP contribution in [-0.2, 0) is 16.7 Å². The highest BCUT2D eigenvalue weighted by Crippen LogP contribution is 2.35. The Morgan fingerprint density at radius 3 is 2.93 bits per heavy atom. The van der Waals surface area contributed by atoms with Gasteiger partial charge in [0.2, 0.25) is 0 Å². The maximum atomic E-state index is 5.34. The first kappa shape index (κ1) is 9.12. The summed E-state index contributed by atoms with van der Waals surface area (Å²) in [5.74, 6) is 0. The zero-order valence-electron chi connectivity index (χ0n) is 7.85. The molecule has 0 atom stereocenters. The van der Waals surface area contributed by atoms with Gasteiger partial charge in [-0.05, 0) is 52.3 Å². The molecule has 2 heterocycles. The highest BCUT2D eigenvalue weighted by atomic mass is 127. The van der Waals surface area contributed by atoms with Crippen LogP contribution in [0.3, 0.4) is 0 Å². The molecule has 1 spiro atoms. The van der Waals surface area contributed by atoms with E-state index in [0.29, 0.717) is 0 Å². The standard InChI is InChI=1S/C11H12INO/c12-9-1-2-10-8(5-9)3-4-13-11(10)6-14-7-11/h1-2,5,13H,3-4,6-7H2. The topological polar surface area (TPSA) is 21.3 Å². The van der Waals surface area contributed by atoms with Crippen molar-refractivity contribution in [1.82, 2.24) is 5.32 Å². The Hall–Kier alpha value is -0.130. The summed E-state index contributed by atoms with van der Waals surface area (Å²) in [7, 11) is 0. The average Bonchev–Trinajstić information content (AvgIpc) is 2.13. The summed E-state index contributed by atoms with van der Waals surface area (Å²) < 4.78 is 6.67. The predicted octanol–water partition coefficient (Wildman–Crippen LogP) is 1.66. The van der Waals surface area contributed by atoms with Crippen molar-refractivity contribution in [3.8, 4) is 0 Å². The molecule has 0 saturated carbocycles. The smallest absolute Gasteiger partial charge is 0.0911 e. The fourth-order valence-corrected chi connectivity index (χ4v) is 2.89. The van der Waals surface area contributed by atoms with Crippen molar-refractivity contribution in [3.05, 3.63) is 32.9 Å². The third-order valence-corrected chi connectivity index (χ3v) is 3.81. The second-order valence-corrected chi connectivity index (χ2v) is 5.30. The van der Waals surface area contributed by atoms with Crippen LogP contribution in [0.4, 0.5) is 0 Å². The summed E-state index contributed by atoms with van der Waals surface area (Å²) in [6.07, 6.45) is 1.15. The van der Waals surface area contributed by atoms with Gasteiger partial charge in [-0.3, -0.25) is 0 Å². The molecule has 1 fully saturated rings. The zero-order valence-corrected chi connectivity index (χ0v) is 10.0. The van der Waals surface area contributed by atoms with Crippen LogP contribution >= 0.6 is 22.6 Å². The van der Waals surface area contributed by atoms with Gasteiger partial charge < -0.3 is 10.1 Å². The van der Waals surface area contributed by atoms with Crippen molar-refractivity contribution in [2.75, 3.05) is 19.8 Å². The van der Waals surface area contributed by atoms with Crippen LogP contribution in [0.25, 0.3) is 0 Å². The van der Waals surface area contributed by atoms with Crippen LogP contribution in [0.15, 0.2) is 18.2 Å². The average molecular weight is 301 g/mol. The third kappa shape index (κ3) is 1.22. The number of halogens is 1. The predicted molar refractivity (Wildman–Crippen MR) is 63.4 cm³/mol. The first-order valence-electron chi connectivity index (χ1n) is 4.92. The Kier molecular flexibility index (Phi) is 2.07. The van der Waals surface area contributed by atoms with E-state index in [9.17, 15) is 0 Å². The minimum atomic E-state index is 0.151. The molecule has 3 rings (SSSR count). The van der Waals surface area contributed by atoms with E-state index in [4.69, 9.17) is 4.74 Å². The lowest BCUT2D eigenvalue weighted by Crippen LogP contribution is -2.60. The molecule has 0 amide bonds. The Bertz CT molecular complexity index is 374. The Morgan fingerprint density at radius 1 is 1.36 bits per heavy atom. The van der Waals surface area contributed by atoms with Crippen LogP contribution in [-0.4, -0.2) is 19.8 Å². The van der Waals surface area contributed by atoms with Gasteiger partial charge in [-0.2, -0.15) is 0 Å². The van der Waals surface area contributed by atoms with Crippen LogP contribution in [0.2, 0.25) is 0 Å². The van der Waals surface area contributed by atoms with Gasteiger partial charge in [-0.1, -0.05) is 6.07 Å². The van der Waals surface area contributed by atoms with E-state index in [2.05, 4.69) is 46.1 Å². The molecule has 0 aromatic heterocycles. The van der Waals surface area contributed by atoms with Crippen molar-refractivity contribution in [3.63, 3.8) is 0 Å². The maximum absolute atomic E-state index is 5.34. The minimum Gasteiger partial charge on any atom is -0.377 e. The molecule has 0 aliphatic carbocycles. The molecular formula is C11H12INO. The number of hydrogen-bond acceptors (Lipinski definition) is 2. The van der Waals surface area contributed by atoms with E-state index in [0.717, 1.165) is 26.2 Å². The molecule has 0 radical (unpaired) electrons. The van der Waals surface area contributed by atoms with Crippen LogP contribution < -0.4 is 5.32 Å². The number of hydrogen-bond donors (Lipinski definition) is 1. The van der Waals surface area contributed by atoms with Crippen molar-refractivity contribution in [2.24, 2.45) is 0 Å². The van der Waals surface area contributed by atoms with Crippen molar-refractivity contribution in [1.29, 1.82) is 0 Å². The molecule has 1 aromatic rings. The molecule has 2 aliphatic rings. The van der Waals surface area contributed by atoms with Crippen LogP contribution in [0.1, 0.15) is 11.1 Å². The summed E-state index contributed by atoms with van der Waals surface area (Å²) in [6.45, 7) is 2.75. The molecule has 2 nitrogen and oxygen atoms in total. The number of fused-ring (bicyclic) bond motifs is 2. The van der Waals surface area contributed by atoms with Crippen molar-refractivity contribution < 1.29 is 4.74 Å². The quantitative estimate of drug-likeness (QED) is 0.736. The second-order valence-electron chi connectivity index (χ2n) is 4.05. The van der Waals surface area contributed by atoms with Gasteiger partial charge in [-0.15, -0.1) is 0 Å². The van der Waals surface area contributed by atoms with Gasteiger partial charge in [-0.25, -0.2) is 0 Å². The number of rotatable bonds is 0. The Balaban J connectivity index is 2.10. The fraction of sp³-hybridized carbons (Fsp3) is 0.455. The van der Waals surface area contributed by atoms with Crippen molar-refractivity contribution in [2.45, 2.75) is 12.0 Å². The lowest BCUT2D eigenvalue weighted by Gasteiger charge is -2.46. The van der Waals surface area contributed by atoms with Gasteiger partial charge >= 0.3 is 0 Å². The first-order valence-corrected chi connectivity index (χ1v) is 6.00. The molecular weight excluding hydrogens is 289 g/mol. The summed E-state index contributed by atoms with van der Waals surface area (Å²) in [4.78, 5) is 0. The molecule has 1 N–H and O–H groups in total. The molecule has 2 aliphatic heterocycles. The SMILES string of the molecule is Ic1ccc2c(c1)CCNC21COC1. The molecule has 74 valence electrons. The van der Waals surface area contributed by atoms with Gasteiger partial charge in [0.05, 0.1) is 18.8 Å². The summed E-state index contributed by atoms with van der Waals surface area (Å²) >= 11 is 2.38. The number of ether oxygens (including phenoxy) is 1. The number of benzene rings is 1. The Labute approximate surface area is 97.2 Å². The highest BCUT2D eigenvalue weighted by Gasteiger charge is 2.42. The minimum absolute atomic E-state index is 0.151. The molecule has 0 unspecified atom stereocenters. The van der Waals surface area contributed by atoms with E-state index < -0.39 is 0 Å².